The highest BCUT2D eigenvalue weighted by molar-refractivity contribution is 5.38. The van der Waals surface area contributed by atoms with Crippen LogP contribution in [0.25, 0.3) is 0 Å². The molecule has 0 aliphatic rings. The lowest BCUT2D eigenvalue weighted by Gasteiger charge is -2.16. The van der Waals surface area contributed by atoms with E-state index in [0.29, 0.717) is 36.0 Å². The molecule has 0 radical (unpaired) electrons. The molecule has 9 nitrogen and oxygen atoms in total. The molecular weight excluding hydrogens is 1000 g/mol. The van der Waals surface area contributed by atoms with Crippen LogP contribution in [0.3, 0.4) is 0 Å². The first-order chi connectivity index (χ1) is 39.7. The largest absolute Gasteiger partial charge is 0.508 e. The van der Waals surface area contributed by atoms with Gasteiger partial charge < -0.3 is 15.3 Å². The predicted molar refractivity (Wildman–Crippen MR) is 343 cm³/mol. The van der Waals surface area contributed by atoms with Crippen molar-refractivity contribution in [2.45, 2.75) is 329 Å². The molecule has 0 fully saturated rings. The van der Waals surface area contributed by atoms with Crippen molar-refractivity contribution in [3.63, 3.8) is 0 Å². The Bertz CT molecular complexity index is 2140. The second kappa shape index (κ2) is 44.1. The van der Waals surface area contributed by atoms with Crippen LogP contribution in [0.5, 0.6) is 17.2 Å². The molecule has 3 N–H and O–H groups in total. The molecule has 0 atom stereocenters. The zero-order valence-electron chi connectivity index (χ0n) is 52.0. The summed E-state index contributed by atoms with van der Waals surface area (Å²) in [6.07, 6.45) is 55.5. The number of unbranched alkanes of at least 4 members (excludes halogenated alkanes) is 39. The minimum Gasteiger partial charge on any atom is -0.508 e. The third kappa shape index (κ3) is 29.0. The number of nitrogens with zero attached hydrogens (tertiary/aromatic N) is 3. The van der Waals surface area contributed by atoms with Gasteiger partial charge in [0.2, 0.25) is 0 Å². The summed E-state index contributed by atoms with van der Waals surface area (Å²) >= 11 is 0. The van der Waals surface area contributed by atoms with Gasteiger partial charge in [-0.15, -0.1) is 0 Å². The molecular formula is C72H117N3O6. The molecule has 1 heterocycles. The zero-order valence-corrected chi connectivity index (χ0v) is 52.0. The molecule has 1 aromatic heterocycles. The Morgan fingerprint density at radius 3 is 0.617 bits per heavy atom. The molecule has 3 aromatic carbocycles. The van der Waals surface area contributed by atoms with E-state index in [2.05, 4.69) is 20.8 Å². The fourth-order valence-corrected chi connectivity index (χ4v) is 12.0. The lowest BCUT2D eigenvalue weighted by molar-refractivity contribution is 0.463. The lowest BCUT2D eigenvalue weighted by atomic mass is 10.0. The van der Waals surface area contributed by atoms with Gasteiger partial charge in [0.25, 0.3) is 0 Å². The molecule has 4 aromatic rings. The second-order valence-electron chi connectivity index (χ2n) is 24.5. The number of aryl methyl sites for hydroxylation is 3. The summed E-state index contributed by atoms with van der Waals surface area (Å²) in [6.45, 7) is 6.61. The van der Waals surface area contributed by atoms with Crippen molar-refractivity contribution in [3.8, 4) is 17.2 Å². The van der Waals surface area contributed by atoms with Crippen LogP contribution < -0.4 is 17.1 Å². The van der Waals surface area contributed by atoms with Gasteiger partial charge in [0, 0.05) is 0 Å². The van der Waals surface area contributed by atoms with Crippen LogP contribution in [-0.2, 0) is 38.9 Å². The number of aromatic hydroxyl groups is 3. The molecule has 0 saturated carbocycles. The van der Waals surface area contributed by atoms with Gasteiger partial charge >= 0.3 is 17.1 Å². The highest BCUT2D eigenvalue weighted by Crippen LogP contribution is 2.26. The topological polar surface area (TPSA) is 127 Å². The van der Waals surface area contributed by atoms with Crippen molar-refractivity contribution in [2.75, 3.05) is 0 Å². The molecule has 9 heteroatoms. The minimum absolute atomic E-state index is 0.0656. The fourth-order valence-electron chi connectivity index (χ4n) is 12.0. The highest BCUT2D eigenvalue weighted by Gasteiger charge is 2.19. The monoisotopic (exact) mass is 1120 g/mol. The number of benzene rings is 3. The maximum Gasteiger partial charge on any atom is 0.336 e. The van der Waals surface area contributed by atoms with Crippen molar-refractivity contribution in [3.05, 3.63) is 119 Å². The van der Waals surface area contributed by atoms with Gasteiger partial charge in [-0.1, -0.05) is 308 Å². The summed E-state index contributed by atoms with van der Waals surface area (Å²) < 4.78 is 3.45. The van der Waals surface area contributed by atoms with Crippen LogP contribution in [0.2, 0.25) is 0 Å². The quantitative estimate of drug-likeness (QED) is 0.0378. The van der Waals surface area contributed by atoms with Gasteiger partial charge in [0.05, 0.1) is 19.6 Å². The van der Waals surface area contributed by atoms with Crippen LogP contribution in [0.1, 0.15) is 324 Å². The van der Waals surface area contributed by atoms with E-state index < -0.39 is 17.1 Å². The molecule has 0 aliphatic carbocycles. The van der Waals surface area contributed by atoms with Crippen molar-refractivity contribution >= 4 is 0 Å². The van der Waals surface area contributed by atoms with Crippen LogP contribution >= 0.6 is 0 Å². The van der Waals surface area contributed by atoms with E-state index in [1.165, 1.54) is 212 Å². The fraction of sp³-hybridized carbons (Fsp3) is 0.708. The maximum absolute atomic E-state index is 14.6. The Labute approximate surface area is 492 Å². The summed E-state index contributed by atoms with van der Waals surface area (Å²) in [5.41, 5.74) is 2.37. The summed E-state index contributed by atoms with van der Waals surface area (Å²) in [6, 6.07) is 15.9. The van der Waals surface area contributed by atoms with Crippen LogP contribution in [-0.4, -0.2) is 29.0 Å². The smallest absolute Gasteiger partial charge is 0.336 e. The molecule has 0 amide bonds. The second-order valence-corrected chi connectivity index (χ2v) is 24.5. The Kier molecular flexibility index (Phi) is 37.5. The summed E-state index contributed by atoms with van der Waals surface area (Å²) in [5, 5.41) is 32.9. The van der Waals surface area contributed by atoms with E-state index in [-0.39, 0.29) is 36.9 Å². The maximum atomic E-state index is 14.6. The van der Waals surface area contributed by atoms with Gasteiger partial charge in [0.15, 0.2) is 0 Å². The van der Waals surface area contributed by atoms with E-state index in [0.717, 1.165) is 88.2 Å². The molecule has 0 unspecified atom stereocenters. The standard InChI is InChI=1S/C72H117N3O6/c1-4-7-10-13-16-19-22-25-28-31-34-37-40-43-46-64-55-61(49-52-67(64)76)58-73-70(79)74(59-62-50-53-68(77)65(56-62)47-44-41-38-35-32-29-26-23-20-17-14-11-8-5-2)72(81)75(71(73)80)60-63-51-54-69(78)66(57-63)48-45-42-39-36-33-30-27-24-21-18-15-12-9-6-3/h49-57,76-78H,4-48,58-60H2,1-3H3. The van der Waals surface area contributed by atoms with Gasteiger partial charge in [-0.2, -0.15) is 0 Å². The molecule has 81 heavy (non-hydrogen) atoms. The Morgan fingerprint density at radius 1 is 0.259 bits per heavy atom. The van der Waals surface area contributed by atoms with E-state index in [1.807, 2.05) is 18.2 Å². The number of hydrogen-bond acceptors (Lipinski definition) is 6. The summed E-state index contributed by atoms with van der Waals surface area (Å²) in [4.78, 5) is 43.7. The number of phenols is 3. The highest BCUT2D eigenvalue weighted by atomic mass is 16.3. The third-order valence-electron chi connectivity index (χ3n) is 17.2. The normalized spacial score (nSPS) is 11.6. The molecule has 456 valence electrons. The molecule has 0 aliphatic heterocycles. The van der Waals surface area contributed by atoms with Crippen molar-refractivity contribution in [1.29, 1.82) is 0 Å². The van der Waals surface area contributed by atoms with Gasteiger partial charge in [-0.3, -0.25) is 0 Å². The predicted octanol–water partition coefficient (Wildman–Crippen LogP) is 19.5. The van der Waals surface area contributed by atoms with Gasteiger partial charge in [-0.05, 0) is 90.1 Å². The first kappa shape index (κ1) is 69.0. The van der Waals surface area contributed by atoms with Crippen LogP contribution in [0.4, 0.5) is 0 Å². The van der Waals surface area contributed by atoms with E-state index in [9.17, 15) is 29.7 Å². The Morgan fingerprint density at radius 2 is 0.432 bits per heavy atom. The third-order valence-corrected chi connectivity index (χ3v) is 17.2. The van der Waals surface area contributed by atoms with Crippen LogP contribution in [0, 0.1) is 0 Å². The molecule has 0 bridgehead atoms. The lowest BCUT2D eigenvalue weighted by Crippen LogP contribution is -2.54. The Hall–Kier alpha value is -4.53. The first-order valence-corrected chi connectivity index (χ1v) is 34.0. The number of phenolic OH excluding ortho intramolecular Hbond substituents is 3. The average Bonchev–Trinajstić information content (AvgIpc) is 3.50. The molecule has 0 saturated heterocycles. The van der Waals surface area contributed by atoms with Gasteiger partial charge in [0.1, 0.15) is 17.2 Å². The van der Waals surface area contributed by atoms with E-state index in [4.69, 9.17) is 0 Å². The van der Waals surface area contributed by atoms with Crippen molar-refractivity contribution in [2.24, 2.45) is 0 Å². The number of aromatic nitrogens is 3. The Balaban J connectivity index is 1.41. The average molecular weight is 1120 g/mol. The summed E-state index contributed by atoms with van der Waals surface area (Å²) in [7, 11) is 0. The number of rotatable bonds is 51. The van der Waals surface area contributed by atoms with E-state index in [1.54, 1.807) is 36.4 Å². The van der Waals surface area contributed by atoms with Crippen LogP contribution in [0.15, 0.2) is 69.0 Å². The molecule has 0 spiro atoms. The van der Waals surface area contributed by atoms with Crippen molar-refractivity contribution in [1.82, 2.24) is 13.7 Å². The molecule has 4 rings (SSSR count). The SMILES string of the molecule is CCCCCCCCCCCCCCCCc1cc(Cn2c(=O)n(Cc3ccc(O)c(CCCCCCCCCCCCCCCC)c3)c(=O)n(Cc3ccc(O)c(CCCCCCCCCCCCCCCC)c3)c2=O)ccc1O. The minimum atomic E-state index is -0.700. The first-order valence-electron chi connectivity index (χ1n) is 34.0. The summed E-state index contributed by atoms with van der Waals surface area (Å²) in [5.74, 6) is 0.618. The number of hydrogen-bond donors (Lipinski definition) is 3. The van der Waals surface area contributed by atoms with Crippen molar-refractivity contribution < 1.29 is 15.3 Å². The van der Waals surface area contributed by atoms with Gasteiger partial charge in [-0.25, -0.2) is 28.1 Å². The van der Waals surface area contributed by atoms with E-state index >= 15 is 0 Å². The zero-order chi connectivity index (χ0) is 58.0.